The molecule has 9 nitrogen and oxygen atoms in total. The number of unbranched alkanes of at least 4 members (excludes halogenated alkanes) is 29. The van der Waals surface area contributed by atoms with Crippen molar-refractivity contribution in [3.05, 3.63) is 97.2 Å². The van der Waals surface area contributed by atoms with Crippen LogP contribution in [-0.4, -0.2) is 87.5 Å². The van der Waals surface area contributed by atoms with Gasteiger partial charge in [0, 0.05) is 6.42 Å². The molecule has 1 amide bonds. The maximum Gasteiger partial charge on any atom is 0.220 e. The summed E-state index contributed by atoms with van der Waals surface area (Å²) in [4.78, 5) is 13.1. The molecule has 1 rings (SSSR count). The third kappa shape index (κ3) is 44.0. The highest BCUT2D eigenvalue weighted by atomic mass is 16.7. The Bertz CT molecular complexity index is 1510. The molecular formula is C67H117NO8. The summed E-state index contributed by atoms with van der Waals surface area (Å²) in [6, 6.07) is -0.838. The predicted molar refractivity (Wildman–Crippen MR) is 322 cm³/mol. The van der Waals surface area contributed by atoms with E-state index in [0.29, 0.717) is 6.42 Å². The number of aliphatic hydroxyl groups is 5. The van der Waals surface area contributed by atoms with Gasteiger partial charge in [0.1, 0.15) is 24.4 Å². The minimum atomic E-state index is -1.58. The lowest BCUT2D eigenvalue weighted by molar-refractivity contribution is -0.302. The molecule has 1 heterocycles. The SMILES string of the molecule is CC/C=C\C/C=C\C/C=C\C/C=C\C/C=C\C/C=C\CCCCCCCCC(=O)NC(COC1OC(CO)C(O)C(O)C1O)C(O)/C=C/CC/C=C/CCCCCCCCCCCCCCCCCCCCCCCC. The summed E-state index contributed by atoms with van der Waals surface area (Å²) < 4.78 is 11.3. The van der Waals surface area contributed by atoms with Crippen molar-refractivity contribution in [3.63, 3.8) is 0 Å². The minimum absolute atomic E-state index is 0.203. The summed E-state index contributed by atoms with van der Waals surface area (Å²) >= 11 is 0. The van der Waals surface area contributed by atoms with Crippen molar-refractivity contribution < 1.29 is 39.8 Å². The zero-order valence-corrected chi connectivity index (χ0v) is 48.7. The molecule has 7 atom stereocenters. The Kier molecular flexibility index (Phi) is 51.9. The van der Waals surface area contributed by atoms with E-state index in [0.717, 1.165) is 103 Å². The number of allylic oxidation sites excluding steroid dienone is 15. The van der Waals surface area contributed by atoms with Crippen molar-refractivity contribution in [2.75, 3.05) is 13.2 Å². The van der Waals surface area contributed by atoms with E-state index < -0.39 is 49.5 Å². The van der Waals surface area contributed by atoms with Crippen LogP contribution in [0.15, 0.2) is 97.2 Å². The minimum Gasteiger partial charge on any atom is -0.394 e. The van der Waals surface area contributed by atoms with Crippen LogP contribution >= 0.6 is 0 Å². The van der Waals surface area contributed by atoms with Crippen LogP contribution in [-0.2, 0) is 14.3 Å². The van der Waals surface area contributed by atoms with Crippen molar-refractivity contribution in [1.29, 1.82) is 0 Å². The molecule has 0 aliphatic carbocycles. The molecule has 1 aliphatic rings. The quantitative estimate of drug-likeness (QED) is 0.0261. The topological polar surface area (TPSA) is 149 Å². The van der Waals surface area contributed by atoms with Crippen LogP contribution in [0, 0.1) is 0 Å². The second-order valence-electron chi connectivity index (χ2n) is 21.5. The monoisotopic (exact) mass is 1060 g/mol. The normalized spacial score (nSPS) is 19.5. The molecule has 1 fully saturated rings. The summed E-state index contributed by atoms with van der Waals surface area (Å²) in [5, 5.41) is 54.6. The van der Waals surface area contributed by atoms with E-state index in [9.17, 15) is 30.3 Å². The Balaban J connectivity index is 2.24. The lowest BCUT2D eigenvalue weighted by atomic mass is 9.99. The maximum atomic E-state index is 13.1. The van der Waals surface area contributed by atoms with Gasteiger partial charge in [0.05, 0.1) is 25.4 Å². The Morgan fingerprint density at radius 1 is 0.461 bits per heavy atom. The van der Waals surface area contributed by atoms with Gasteiger partial charge >= 0.3 is 0 Å². The second-order valence-corrected chi connectivity index (χ2v) is 21.5. The number of carbonyl (C=O) groups is 1. The number of hydrogen-bond acceptors (Lipinski definition) is 8. The van der Waals surface area contributed by atoms with Gasteiger partial charge in [-0.25, -0.2) is 0 Å². The first kappa shape index (κ1) is 71.1. The molecule has 438 valence electrons. The molecule has 1 aliphatic heterocycles. The van der Waals surface area contributed by atoms with Crippen LogP contribution in [0.1, 0.15) is 264 Å². The van der Waals surface area contributed by atoms with E-state index in [2.05, 4.69) is 104 Å². The molecule has 7 unspecified atom stereocenters. The molecule has 6 N–H and O–H groups in total. The number of ether oxygens (including phenoxy) is 2. The molecule has 0 radical (unpaired) electrons. The summed E-state index contributed by atoms with van der Waals surface area (Å²) in [5.74, 6) is -0.203. The highest BCUT2D eigenvalue weighted by Crippen LogP contribution is 2.23. The molecule has 0 spiro atoms. The second kappa shape index (κ2) is 55.4. The van der Waals surface area contributed by atoms with Gasteiger partial charge in [-0.15, -0.1) is 0 Å². The first-order chi connectivity index (χ1) is 37.3. The lowest BCUT2D eigenvalue weighted by Crippen LogP contribution is -2.60. The summed E-state index contributed by atoms with van der Waals surface area (Å²) in [5.41, 5.74) is 0. The number of aliphatic hydroxyl groups excluding tert-OH is 5. The van der Waals surface area contributed by atoms with Gasteiger partial charge in [-0.3, -0.25) is 4.79 Å². The number of rotatable bonds is 53. The smallest absolute Gasteiger partial charge is 0.220 e. The van der Waals surface area contributed by atoms with Gasteiger partial charge in [0.15, 0.2) is 6.29 Å². The van der Waals surface area contributed by atoms with E-state index in [-0.39, 0.29) is 12.5 Å². The molecule has 0 aromatic heterocycles. The first-order valence-electron chi connectivity index (χ1n) is 31.5. The van der Waals surface area contributed by atoms with Gasteiger partial charge in [-0.2, -0.15) is 0 Å². The zero-order chi connectivity index (χ0) is 55.0. The molecule has 0 aromatic rings. The Hall–Kier alpha value is -2.89. The number of amides is 1. The average Bonchev–Trinajstić information content (AvgIpc) is 3.42. The van der Waals surface area contributed by atoms with Crippen molar-refractivity contribution >= 4 is 5.91 Å². The molecule has 0 aromatic carbocycles. The highest BCUT2D eigenvalue weighted by Gasteiger charge is 2.44. The predicted octanol–water partition coefficient (Wildman–Crippen LogP) is 16.4. The van der Waals surface area contributed by atoms with Gasteiger partial charge in [-0.1, -0.05) is 272 Å². The molecule has 9 heteroatoms. The number of nitrogens with one attached hydrogen (secondary N) is 1. The van der Waals surface area contributed by atoms with E-state index in [1.54, 1.807) is 6.08 Å². The van der Waals surface area contributed by atoms with Crippen LogP contribution < -0.4 is 5.32 Å². The average molecular weight is 1060 g/mol. The largest absolute Gasteiger partial charge is 0.394 e. The molecule has 0 saturated carbocycles. The number of carbonyl (C=O) groups excluding carboxylic acids is 1. The van der Waals surface area contributed by atoms with Gasteiger partial charge < -0.3 is 40.3 Å². The van der Waals surface area contributed by atoms with E-state index in [4.69, 9.17) is 9.47 Å². The Labute approximate surface area is 466 Å². The highest BCUT2D eigenvalue weighted by molar-refractivity contribution is 5.76. The van der Waals surface area contributed by atoms with Gasteiger partial charge in [-0.05, 0) is 83.5 Å². The Morgan fingerprint density at radius 2 is 0.829 bits per heavy atom. The summed E-state index contributed by atoms with van der Waals surface area (Å²) in [7, 11) is 0. The number of hydrogen-bond donors (Lipinski definition) is 6. The van der Waals surface area contributed by atoms with Crippen LogP contribution in [0.5, 0.6) is 0 Å². The van der Waals surface area contributed by atoms with Gasteiger partial charge in [0.2, 0.25) is 5.91 Å². The maximum absolute atomic E-state index is 13.1. The zero-order valence-electron chi connectivity index (χ0n) is 48.7. The fourth-order valence-electron chi connectivity index (χ4n) is 9.47. The van der Waals surface area contributed by atoms with E-state index in [1.807, 2.05) is 6.08 Å². The fourth-order valence-corrected chi connectivity index (χ4v) is 9.47. The fraction of sp³-hybridized carbons (Fsp3) is 0.746. The third-order valence-electron chi connectivity index (χ3n) is 14.4. The van der Waals surface area contributed by atoms with E-state index in [1.165, 1.54) is 141 Å². The van der Waals surface area contributed by atoms with Crippen molar-refractivity contribution in [1.82, 2.24) is 5.32 Å². The van der Waals surface area contributed by atoms with Crippen LogP contribution in [0.3, 0.4) is 0 Å². The molecule has 76 heavy (non-hydrogen) atoms. The summed E-state index contributed by atoms with van der Waals surface area (Å²) in [6.07, 6.45) is 73.4. The molecule has 0 bridgehead atoms. The van der Waals surface area contributed by atoms with Crippen LogP contribution in [0.2, 0.25) is 0 Å². The van der Waals surface area contributed by atoms with Gasteiger partial charge in [0.25, 0.3) is 0 Å². The molecule has 1 saturated heterocycles. The molecular weight excluding hydrogens is 947 g/mol. The standard InChI is InChI=1S/C67H117NO8/c1-3-5-7-9-11-13-15-17-19-21-23-25-27-29-30-31-33-34-36-38-40-42-44-46-48-50-52-54-56-61(70)60(59-75-67-66(74)65(73)64(72)62(58-69)76-67)68-63(71)57-55-53-51-49-47-45-43-41-39-37-35-32-28-26-24-22-20-18-16-14-12-10-8-6-4-2/h6,8,12,14,18,20,24,26,32,35,39,41,46,48,54,56,60-62,64-67,69-70,72-74H,3-5,7,9-11,13,15-17,19,21-23,25,27-31,33-34,36-38,40,42-45,47,49-53,55,57-59H2,1-2H3,(H,68,71)/b8-6-,14-12-,20-18-,26-24-,35-32-,41-39-,48-46+,56-54+. The Morgan fingerprint density at radius 3 is 1.26 bits per heavy atom. The van der Waals surface area contributed by atoms with Crippen molar-refractivity contribution in [3.8, 4) is 0 Å². The summed E-state index contributed by atoms with van der Waals surface area (Å²) in [6.45, 7) is 3.66. The van der Waals surface area contributed by atoms with Crippen LogP contribution in [0.4, 0.5) is 0 Å². The van der Waals surface area contributed by atoms with Crippen molar-refractivity contribution in [2.24, 2.45) is 0 Å². The third-order valence-corrected chi connectivity index (χ3v) is 14.4. The van der Waals surface area contributed by atoms with Crippen molar-refractivity contribution in [2.45, 2.75) is 307 Å². The van der Waals surface area contributed by atoms with Crippen LogP contribution in [0.25, 0.3) is 0 Å². The first-order valence-corrected chi connectivity index (χ1v) is 31.5. The van der Waals surface area contributed by atoms with E-state index >= 15 is 0 Å². The lowest BCUT2D eigenvalue weighted by Gasteiger charge is -2.40.